The Balaban J connectivity index is 1.62. The molecule has 0 fully saturated rings. The highest BCUT2D eigenvalue weighted by Crippen LogP contribution is 2.80. The zero-order chi connectivity index (χ0) is 33.1. The molecule has 5 aromatic carbocycles. The Bertz CT molecular complexity index is 1830. The fourth-order valence-electron chi connectivity index (χ4n) is 4.37. The highest BCUT2D eigenvalue weighted by molar-refractivity contribution is 7.94. The monoisotopic (exact) mass is 705 g/mol. The maximum absolute atomic E-state index is 7.41. The Labute approximate surface area is 281 Å². The van der Waals surface area contributed by atoms with Gasteiger partial charge in [-0.2, -0.15) is 0 Å². The summed E-state index contributed by atoms with van der Waals surface area (Å²) >= 11 is 7.41. The Morgan fingerprint density at radius 3 is 0.851 bits per heavy atom. The summed E-state index contributed by atoms with van der Waals surface area (Å²) in [4.78, 5) is 0. The van der Waals surface area contributed by atoms with E-state index in [1.165, 1.54) is 0 Å². The third kappa shape index (κ3) is 8.52. The lowest BCUT2D eigenvalue weighted by Crippen LogP contribution is -2.08. The molecule has 5 aromatic rings. The van der Waals surface area contributed by atoms with E-state index in [0.29, 0.717) is 28.7 Å². The number of hydrogen-bond acceptors (Lipinski definition) is 8. The lowest BCUT2D eigenvalue weighted by Gasteiger charge is -2.31. The molecule has 242 valence electrons. The van der Waals surface area contributed by atoms with Gasteiger partial charge in [-0.25, -0.2) is 0 Å². The number of halogens is 1. The molecule has 47 heavy (non-hydrogen) atoms. The molecule has 12 heteroatoms. The molecule has 1 heterocycles. The zero-order valence-electron chi connectivity index (χ0n) is 26.6. The van der Waals surface area contributed by atoms with Crippen LogP contribution in [0.15, 0.2) is 135 Å². The first-order valence-electron chi connectivity index (χ1n) is 14.9. The second kappa shape index (κ2) is 13.7. The van der Waals surface area contributed by atoms with Crippen LogP contribution in [0, 0.1) is 34.6 Å². The van der Waals surface area contributed by atoms with Crippen LogP contribution in [0.4, 0.5) is 0 Å². The summed E-state index contributed by atoms with van der Waals surface area (Å²) in [5.41, 5.74) is 5.31. The van der Waals surface area contributed by atoms with Crippen LogP contribution in [-0.4, -0.2) is 0 Å². The zero-order valence-corrected chi connectivity index (χ0v) is 30.1. The third-order valence-corrected chi connectivity index (χ3v) is 15.9. The first kappa shape index (κ1) is 33.0. The predicted molar refractivity (Wildman–Crippen MR) is 193 cm³/mol. The Kier molecular flexibility index (Phi) is 9.60. The van der Waals surface area contributed by atoms with E-state index < -0.39 is 22.1 Å². The van der Waals surface area contributed by atoms with Crippen molar-refractivity contribution in [3.8, 4) is 28.7 Å². The van der Waals surface area contributed by atoms with E-state index in [2.05, 4.69) is 0 Å². The van der Waals surface area contributed by atoms with Crippen LogP contribution in [0.1, 0.15) is 27.8 Å². The molecule has 8 nitrogen and oxygen atoms in total. The van der Waals surface area contributed by atoms with E-state index >= 15 is 0 Å². The van der Waals surface area contributed by atoms with Crippen molar-refractivity contribution in [3.05, 3.63) is 149 Å². The minimum absolute atomic E-state index is 0.473. The highest BCUT2D eigenvalue weighted by atomic mass is 35.7. The van der Waals surface area contributed by atoms with E-state index in [1.807, 2.05) is 156 Å². The van der Waals surface area contributed by atoms with E-state index in [-0.39, 0.29) is 0 Å². The summed E-state index contributed by atoms with van der Waals surface area (Å²) < 4.78 is 48.2. The minimum atomic E-state index is -3.80. The molecule has 0 aromatic heterocycles. The van der Waals surface area contributed by atoms with Gasteiger partial charge in [0.1, 0.15) is 28.7 Å². The molecular formula is C35H35ClN3O5P3. The Hall–Kier alpha value is -3.92. The van der Waals surface area contributed by atoms with Gasteiger partial charge in [0.05, 0.1) is 0 Å². The van der Waals surface area contributed by atoms with Crippen LogP contribution in [0.25, 0.3) is 0 Å². The van der Waals surface area contributed by atoms with Crippen molar-refractivity contribution < 1.29 is 22.6 Å². The molecule has 6 rings (SSSR count). The van der Waals surface area contributed by atoms with E-state index in [0.717, 1.165) is 27.8 Å². The summed E-state index contributed by atoms with van der Waals surface area (Å²) in [6, 6.07) is 37.7. The smallest absolute Gasteiger partial charge is 0.431 e. The van der Waals surface area contributed by atoms with Gasteiger partial charge in [-0.05, 0) is 107 Å². The Morgan fingerprint density at radius 1 is 0.340 bits per heavy atom. The lowest BCUT2D eigenvalue weighted by molar-refractivity contribution is 0.458. The number of nitrogens with zero attached hydrogens (tertiary/aromatic N) is 3. The van der Waals surface area contributed by atoms with Gasteiger partial charge >= 0.3 is 22.1 Å². The van der Waals surface area contributed by atoms with E-state index in [4.69, 9.17) is 47.4 Å². The predicted octanol–water partition coefficient (Wildman–Crippen LogP) is 13.0. The number of benzene rings is 5. The molecule has 1 aliphatic heterocycles. The average Bonchev–Trinajstić information content (AvgIpc) is 3.02. The van der Waals surface area contributed by atoms with Crippen molar-refractivity contribution in [1.82, 2.24) is 0 Å². The first-order valence-corrected chi connectivity index (χ1v) is 20.5. The molecule has 1 unspecified atom stereocenters. The average molecular weight is 706 g/mol. The maximum atomic E-state index is 7.41. The van der Waals surface area contributed by atoms with Gasteiger partial charge < -0.3 is 22.6 Å². The molecule has 0 radical (unpaired) electrons. The fourth-order valence-corrected chi connectivity index (χ4v) is 14.4. The topological polar surface area (TPSA) is 83.2 Å². The van der Waals surface area contributed by atoms with Crippen LogP contribution in [-0.2, 0) is 0 Å². The molecule has 0 bridgehead atoms. The molecule has 0 aliphatic carbocycles. The standard InChI is InChI=1S/C35H35ClN3O5P3/c1-26-6-16-31(17-7-26)40-45(36)37-46(41-32-18-8-27(2)9-19-32,42-33-20-10-28(3)11-21-33)39-47(38-45,43-34-22-12-29(4)13-23-34)44-35-24-14-30(5)15-25-35/h6-25H,1-5H3. The molecule has 0 saturated heterocycles. The fraction of sp³-hybridized carbons (Fsp3) is 0.143. The summed E-state index contributed by atoms with van der Waals surface area (Å²) in [5, 5.41) is 0. The molecular weight excluding hydrogens is 671 g/mol. The van der Waals surface area contributed by atoms with Gasteiger partial charge in [-0.3, -0.25) is 0 Å². The SMILES string of the molecule is Cc1ccc(OP2(Cl)=NP(Oc3ccc(C)cc3)(Oc3ccc(C)cc3)=NP(Oc3ccc(C)cc3)(Oc3ccc(C)cc3)=N2)cc1. The van der Waals surface area contributed by atoms with Crippen molar-refractivity contribution in [2.75, 3.05) is 0 Å². The first-order chi connectivity index (χ1) is 22.5. The second-order valence-corrected chi connectivity index (χ2v) is 18.5. The summed E-state index contributed by atoms with van der Waals surface area (Å²) in [6.45, 7) is 6.28. The highest BCUT2D eigenvalue weighted by Gasteiger charge is 2.46. The van der Waals surface area contributed by atoms with Crippen molar-refractivity contribution in [1.29, 1.82) is 0 Å². The second-order valence-electron chi connectivity index (χ2n) is 11.2. The molecule has 0 spiro atoms. The summed E-state index contributed by atoms with van der Waals surface area (Å²) in [6.07, 6.45) is 0. The van der Waals surface area contributed by atoms with Gasteiger partial charge in [0, 0.05) is 0 Å². The van der Waals surface area contributed by atoms with Gasteiger partial charge in [0.25, 0.3) is 0 Å². The molecule has 0 saturated carbocycles. The molecule has 0 amide bonds. The third-order valence-electron chi connectivity index (χ3n) is 6.90. The number of hydrogen-bond donors (Lipinski definition) is 0. The van der Waals surface area contributed by atoms with Gasteiger partial charge in [-0.15, -0.1) is 9.03 Å². The van der Waals surface area contributed by atoms with Crippen molar-refractivity contribution in [2.45, 2.75) is 34.6 Å². The van der Waals surface area contributed by atoms with E-state index in [1.54, 1.807) is 0 Å². The maximum Gasteiger partial charge on any atom is 0.459 e. The van der Waals surface area contributed by atoms with Crippen LogP contribution >= 0.6 is 33.3 Å². The van der Waals surface area contributed by atoms with Gasteiger partial charge in [-0.1, -0.05) is 93.0 Å². The van der Waals surface area contributed by atoms with Gasteiger partial charge in [0.15, 0.2) is 0 Å². The normalized spacial score (nSPS) is 17.7. The lowest BCUT2D eigenvalue weighted by atomic mass is 10.2. The molecule has 1 atom stereocenters. The summed E-state index contributed by atoms with van der Waals surface area (Å²) in [5.74, 6) is 2.39. The van der Waals surface area contributed by atoms with Crippen LogP contribution in [0.2, 0.25) is 0 Å². The molecule has 1 aliphatic rings. The van der Waals surface area contributed by atoms with Crippen molar-refractivity contribution in [2.24, 2.45) is 13.5 Å². The van der Waals surface area contributed by atoms with Crippen molar-refractivity contribution in [3.63, 3.8) is 0 Å². The van der Waals surface area contributed by atoms with Crippen LogP contribution in [0.3, 0.4) is 0 Å². The Morgan fingerprint density at radius 2 is 0.574 bits per heavy atom. The van der Waals surface area contributed by atoms with Gasteiger partial charge in [0.2, 0.25) is 0 Å². The number of rotatable bonds is 10. The largest absolute Gasteiger partial charge is 0.459 e. The summed E-state index contributed by atoms with van der Waals surface area (Å²) in [7, 11) is -7.60. The quantitative estimate of drug-likeness (QED) is 0.135. The van der Waals surface area contributed by atoms with Crippen LogP contribution in [0.5, 0.6) is 28.7 Å². The minimum Gasteiger partial charge on any atom is -0.431 e. The molecule has 0 N–H and O–H groups in total. The number of aryl methyl sites for hydroxylation is 5. The van der Waals surface area contributed by atoms with Crippen molar-refractivity contribution >= 4 is 33.3 Å². The van der Waals surface area contributed by atoms with Crippen LogP contribution < -0.4 is 22.6 Å². The van der Waals surface area contributed by atoms with E-state index in [9.17, 15) is 0 Å².